The molecule has 0 radical (unpaired) electrons. The number of hydrogen-bond acceptors (Lipinski definition) is 5. The van der Waals surface area contributed by atoms with E-state index in [1.807, 2.05) is 49.4 Å². The Bertz CT molecular complexity index is 940. The third-order valence-corrected chi connectivity index (χ3v) is 4.30. The van der Waals surface area contributed by atoms with Crippen molar-refractivity contribution in [2.45, 2.75) is 26.4 Å². The number of nitrogen functional groups attached to an aromatic ring is 1. The normalized spacial score (nSPS) is 11.8. The summed E-state index contributed by atoms with van der Waals surface area (Å²) >= 11 is 0. The van der Waals surface area contributed by atoms with Crippen LogP contribution in [-0.4, -0.2) is 15.9 Å². The molecule has 0 aliphatic heterocycles. The monoisotopic (exact) mass is 362 g/mol. The minimum Gasteiger partial charge on any atom is -0.484 e. The van der Waals surface area contributed by atoms with Crippen LogP contribution in [0.3, 0.4) is 0 Å². The van der Waals surface area contributed by atoms with Crippen molar-refractivity contribution >= 4 is 11.9 Å². The molecule has 1 heterocycles. The van der Waals surface area contributed by atoms with Gasteiger partial charge in [-0.2, -0.15) is 0 Å². The van der Waals surface area contributed by atoms with E-state index in [9.17, 15) is 4.79 Å². The van der Waals surface area contributed by atoms with Crippen LogP contribution in [0.4, 0.5) is 5.95 Å². The van der Waals surface area contributed by atoms with Crippen LogP contribution in [0.5, 0.6) is 5.75 Å². The van der Waals surface area contributed by atoms with Gasteiger partial charge in [0.15, 0.2) is 0 Å². The molecule has 0 spiro atoms. The van der Waals surface area contributed by atoms with Crippen LogP contribution in [0, 0.1) is 6.92 Å². The number of carbonyl (C=O) groups is 1. The number of nitrogens with two attached hydrogens (primary N) is 2. The zero-order chi connectivity index (χ0) is 19.4. The Labute approximate surface area is 158 Å². The maximum atomic E-state index is 11.9. The van der Waals surface area contributed by atoms with Gasteiger partial charge in [-0.15, -0.1) is 0 Å². The molecular weight excluding hydrogens is 340 g/mol. The molecule has 0 bridgehead atoms. The first-order chi connectivity index (χ1) is 13.0. The lowest BCUT2D eigenvalue weighted by atomic mass is 10.0. The molecule has 27 heavy (non-hydrogen) atoms. The third kappa shape index (κ3) is 4.06. The quantitative estimate of drug-likeness (QED) is 0.696. The minimum absolute atomic E-state index is 0.0916. The number of benzene rings is 2. The molecule has 138 valence electrons. The van der Waals surface area contributed by atoms with Gasteiger partial charge in [-0.1, -0.05) is 49.4 Å². The van der Waals surface area contributed by atoms with Gasteiger partial charge in [-0.25, -0.2) is 9.97 Å². The highest BCUT2D eigenvalue weighted by atomic mass is 16.5. The van der Waals surface area contributed by atoms with E-state index in [0.29, 0.717) is 23.6 Å². The number of ether oxygens (including phenoxy) is 1. The molecule has 6 heteroatoms. The number of hydrogen-bond donors (Lipinski definition) is 2. The highest BCUT2D eigenvalue weighted by Gasteiger charge is 2.23. The molecule has 0 aliphatic rings. The van der Waals surface area contributed by atoms with E-state index in [0.717, 1.165) is 11.1 Å². The van der Waals surface area contributed by atoms with Gasteiger partial charge >= 0.3 is 0 Å². The van der Waals surface area contributed by atoms with Gasteiger partial charge in [0.1, 0.15) is 11.9 Å². The van der Waals surface area contributed by atoms with Crippen LogP contribution in [0.2, 0.25) is 0 Å². The van der Waals surface area contributed by atoms with E-state index in [1.54, 1.807) is 6.92 Å². The molecule has 1 amide bonds. The predicted molar refractivity (Wildman–Crippen MR) is 105 cm³/mol. The van der Waals surface area contributed by atoms with Gasteiger partial charge in [0.25, 0.3) is 5.91 Å². The van der Waals surface area contributed by atoms with Crippen molar-refractivity contribution in [2.24, 2.45) is 5.73 Å². The number of nitrogens with zero attached hydrogens (tertiary/aromatic N) is 2. The van der Waals surface area contributed by atoms with Crippen LogP contribution >= 0.6 is 0 Å². The van der Waals surface area contributed by atoms with Crippen LogP contribution in [0.1, 0.15) is 41.2 Å². The second kappa shape index (κ2) is 7.86. The molecule has 6 nitrogen and oxygen atoms in total. The Kier molecular flexibility index (Phi) is 5.35. The van der Waals surface area contributed by atoms with Gasteiger partial charge in [0, 0.05) is 0 Å². The lowest BCUT2D eigenvalue weighted by molar-refractivity contribution is 0.0992. The number of amides is 1. The van der Waals surface area contributed by atoms with E-state index in [1.165, 1.54) is 0 Å². The molecule has 3 aromatic rings. The fourth-order valence-corrected chi connectivity index (χ4v) is 3.01. The standard InChI is InChI=1S/C21H22N4O2/c1-3-17(19-18(20(22)26)13(2)24-21(23)25-19)27-16-11-9-15(10-12-16)14-7-5-4-6-8-14/h4-12,17H,3H2,1-2H3,(H2,22,26)(H2,23,24,25). The Morgan fingerprint density at radius 3 is 2.26 bits per heavy atom. The zero-order valence-corrected chi connectivity index (χ0v) is 15.3. The summed E-state index contributed by atoms with van der Waals surface area (Å²) in [4.78, 5) is 20.1. The van der Waals surface area contributed by atoms with Crippen LogP contribution in [-0.2, 0) is 0 Å². The fourth-order valence-electron chi connectivity index (χ4n) is 3.01. The summed E-state index contributed by atoms with van der Waals surface area (Å²) in [5.74, 6) is 0.171. The lowest BCUT2D eigenvalue weighted by Crippen LogP contribution is -2.22. The third-order valence-electron chi connectivity index (χ3n) is 4.30. The topological polar surface area (TPSA) is 104 Å². The maximum absolute atomic E-state index is 11.9. The van der Waals surface area contributed by atoms with Crippen molar-refractivity contribution in [1.82, 2.24) is 9.97 Å². The van der Waals surface area contributed by atoms with Crippen LogP contribution < -0.4 is 16.2 Å². The number of carbonyl (C=O) groups excluding carboxylic acids is 1. The Hall–Kier alpha value is -3.41. The van der Waals surface area contributed by atoms with Crippen molar-refractivity contribution in [2.75, 3.05) is 5.73 Å². The second-order valence-electron chi connectivity index (χ2n) is 6.20. The highest BCUT2D eigenvalue weighted by molar-refractivity contribution is 5.95. The average molecular weight is 362 g/mol. The van der Waals surface area contributed by atoms with E-state index in [-0.39, 0.29) is 11.5 Å². The molecule has 1 aromatic heterocycles. The Balaban J connectivity index is 1.89. The Morgan fingerprint density at radius 2 is 1.67 bits per heavy atom. The molecule has 1 unspecified atom stereocenters. The van der Waals surface area contributed by atoms with Crippen molar-refractivity contribution in [3.63, 3.8) is 0 Å². The van der Waals surface area contributed by atoms with Crippen molar-refractivity contribution < 1.29 is 9.53 Å². The molecular formula is C21H22N4O2. The number of rotatable bonds is 6. The smallest absolute Gasteiger partial charge is 0.252 e. The minimum atomic E-state index is -0.594. The predicted octanol–water partition coefficient (Wildman–Crippen LogP) is 3.66. The van der Waals surface area contributed by atoms with Gasteiger partial charge in [0.2, 0.25) is 5.95 Å². The van der Waals surface area contributed by atoms with Gasteiger partial charge in [-0.3, -0.25) is 4.79 Å². The molecule has 4 N–H and O–H groups in total. The number of aromatic nitrogens is 2. The van der Waals surface area contributed by atoms with Crippen LogP contribution in [0.25, 0.3) is 11.1 Å². The summed E-state index contributed by atoms with van der Waals surface area (Å²) < 4.78 is 6.09. The summed E-state index contributed by atoms with van der Waals surface area (Å²) in [6.45, 7) is 3.63. The summed E-state index contributed by atoms with van der Waals surface area (Å²) in [6, 6.07) is 17.9. The van der Waals surface area contributed by atoms with E-state index in [4.69, 9.17) is 16.2 Å². The highest BCUT2D eigenvalue weighted by Crippen LogP contribution is 2.29. The summed E-state index contributed by atoms with van der Waals surface area (Å²) in [7, 11) is 0. The van der Waals surface area contributed by atoms with E-state index in [2.05, 4.69) is 22.1 Å². The van der Waals surface area contributed by atoms with Gasteiger partial charge < -0.3 is 16.2 Å². The lowest BCUT2D eigenvalue weighted by Gasteiger charge is -2.20. The fraction of sp³-hybridized carbons (Fsp3) is 0.190. The van der Waals surface area contributed by atoms with Gasteiger partial charge in [-0.05, 0) is 36.6 Å². The second-order valence-corrected chi connectivity index (χ2v) is 6.20. The van der Waals surface area contributed by atoms with Crippen molar-refractivity contribution in [3.8, 4) is 16.9 Å². The maximum Gasteiger partial charge on any atom is 0.252 e. The summed E-state index contributed by atoms with van der Waals surface area (Å²) in [5.41, 5.74) is 14.6. The summed E-state index contributed by atoms with van der Waals surface area (Å²) in [6.07, 6.45) is 0.135. The molecule has 0 saturated heterocycles. The molecule has 0 saturated carbocycles. The van der Waals surface area contributed by atoms with Crippen molar-refractivity contribution in [1.29, 1.82) is 0 Å². The molecule has 0 fully saturated rings. The largest absolute Gasteiger partial charge is 0.484 e. The molecule has 0 aliphatic carbocycles. The Morgan fingerprint density at radius 1 is 1.04 bits per heavy atom. The molecule has 1 atom stereocenters. The molecule has 3 rings (SSSR count). The van der Waals surface area contributed by atoms with E-state index < -0.39 is 12.0 Å². The van der Waals surface area contributed by atoms with Gasteiger partial charge in [0.05, 0.1) is 17.0 Å². The number of anilines is 1. The number of primary amides is 1. The van der Waals surface area contributed by atoms with Crippen molar-refractivity contribution in [3.05, 3.63) is 71.5 Å². The zero-order valence-electron chi connectivity index (χ0n) is 15.3. The first kappa shape index (κ1) is 18.4. The molecule has 2 aromatic carbocycles. The first-order valence-electron chi connectivity index (χ1n) is 8.75. The number of aryl methyl sites for hydroxylation is 1. The average Bonchev–Trinajstić information content (AvgIpc) is 2.66. The SMILES string of the molecule is CCC(Oc1ccc(-c2ccccc2)cc1)c1nc(N)nc(C)c1C(N)=O. The van der Waals surface area contributed by atoms with E-state index >= 15 is 0 Å². The summed E-state index contributed by atoms with van der Waals surface area (Å²) in [5, 5.41) is 0. The first-order valence-corrected chi connectivity index (χ1v) is 8.75. The van der Waals surface area contributed by atoms with Crippen LogP contribution in [0.15, 0.2) is 54.6 Å².